The summed E-state index contributed by atoms with van der Waals surface area (Å²) in [5.41, 5.74) is 2.05. The Morgan fingerprint density at radius 2 is 1.00 bits per heavy atom. The molecule has 0 saturated carbocycles. The zero-order valence-corrected chi connectivity index (χ0v) is 31.1. The molecule has 0 aliphatic heterocycles. The summed E-state index contributed by atoms with van der Waals surface area (Å²) in [6.07, 6.45) is 9.94. The predicted molar refractivity (Wildman–Crippen MR) is 168 cm³/mol. The number of carbonyl (C=O) groups excluding carboxylic acids is 2. The van der Waals surface area contributed by atoms with Crippen LogP contribution in [0.1, 0.15) is 77.6 Å². The minimum Gasteiger partial charge on any atom is -0.549 e. The number of carboxylic acid groups (broad SMARTS) is 2. The number of carboxylic acids is 2. The monoisotopic (exact) mass is 628 g/mol. The van der Waals surface area contributed by atoms with Gasteiger partial charge in [-0.05, 0) is 52.9 Å². The molecule has 4 aromatic carbocycles. The van der Waals surface area contributed by atoms with E-state index in [1.807, 2.05) is 24.3 Å². The van der Waals surface area contributed by atoms with Crippen LogP contribution in [0.15, 0.2) is 72.8 Å². The molecule has 0 amide bonds. The minimum absolute atomic E-state index is 0. The summed E-state index contributed by atoms with van der Waals surface area (Å²) in [6, 6.07) is 25.0. The van der Waals surface area contributed by atoms with Gasteiger partial charge >= 0.3 is 59.1 Å². The zero-order chi connectivity index (χ0) is 30.4. The van der Waals surface area contributed by atoms with Crippen molar-refractivity contribution in [2.24, 2.45) is 5.92 Å². The topological polar surface area (TPSA) is 98.7 Å². The van der Waals surface area contributed by atoms with Gasteiger partial charge in [0.15, 0.2) is 0 Å². The van der Waals surface area contributed by atoms with Crippen molar-refractivity contribution in [3.8, 4) is 22.6 Å². The van der Waals surface area contributed by atoms with Crippen molar-refractivity contribution in [3.63, 3.8) is 0 Å². The van der Waals surface area contributed by atoms with E-state index < -0.39 is 17.9 Å². The number of unbranched alkanes of at least 4 members (excludes halogenated alkanes) is 8. The number of ether oxygens (including phenoxy) is 2. The predicted octanol–water partition coefficient (Wildman–Crippen LogP) is 0.853. The minimum atomic E-state index is -1.59. The van der Waals surface area contributed by atoms with E-state index in [-0.39, 0.29) is 65.5 Å². The molecular formula is C37H42Na2O6. The molecule has 0 aromatic heterocycles. The summed E-state index contributed by atoms with van der Waals surface area (Å²) in [5.74, 6) is -3.10. The van der Waals surface area contributed by atoms with Crippen LogP contribution in [0.2, 0.25) is 0 Å². The van der Waals surface area contributed by atoms with E-state index in [4.69, 9.17) is 9.47 Å². The Morgan fingerprint density at radius 1 is 0.578 bits per heavy atom. The van der Waals surface area contributed by atoms with E-state index in [1.165, 1.54) is 25.7 Å². The molecule has 0 atom stereocenters. The maximum Gasteiger partial charge on any atom is 1.00 e. The van der Waals surface area contributed by atoms with Gasteiger partial charge in [-0.15, -0.1) is 0 Å². The Balaban J connectivity index is 0.00000353. The second-order valence-corrected chi connectivity index (χ2v) is 11.2. The molecule has 0 spiro atoms. The summed E-state index contributed by atoms with van der Waals surface area (Å²) < 4.78 is 12.9. The average molecular weight is 629 g/mol. The van der Waals surface area contributed by atoms with Crippen LogP contribution >= 0.6 is 0 Å². The van der Waals surface area contributed by atoms with Gasteiger partial charge in [-0.2, -0.15) is 0 Å². The van der Waals surface area contributed by atoms with Gasteiger partial charge in [-0.3, -0.25) is 0 Å². The van der Waals surface area contributed by atoms with Crippen LogP contribution in [-0.2, 0) is 9.59 Å². The summed E-state index contributed by atoms with van der Waals surface area (Å²) in [4.78, 5) is 21.9. The molecule has 0 aliphatic carbocycles. The normalized spacial score (nSPS) is 10.8. The zero-order valence-electron chi connectivity index (χ0n) is 27.1. The van der Waals surface area contributed by atoms with Crippen molar-refractivity contribution in [1.29, 1.82) is 0 Å². The molecule has 0 bridgehead atoms. The number of aliphatic carboxylic acids is 2. The van der Waals surface area contributed by atoms with Gasteiger partial charge in [0.05, 0.1) is 25.2 Å². The average Bonchev–Trinajstić information content (AvgIpc) is 3.01. The third-order valence-electron chi connectivity index (χ3n) is 8.00. The Kier molecular flexibility index (Phi) is 18.2. The molecule has 45 heavy (non-hydrogen) atoms. The standard InChI is InChI=1S/C37H44O6.2Na/c1-2-3-4-5-7-14-25-42-32-23-21-27-16-10-12-18-29(27)34(32)35-30-19-13-11-17-28(30)22-24-33(35)43-26-15-8-6-9-20-31(36(38)39)37(40)41;;/h10-13,16-19,21-24,31H,2-9,14-15,20,25-26H2,1H3,(H,38,39)(H,40,41);;/q;2*+1/p-2. The molecule has 0 radical (unpaired) electrons. The molecule has 8 heteroatoms. The number of rotatable bonds is 19. The maximum atomic E-state index is 11.0. The van der Waals surface area contributed by atoms with Gasteiger partial charge in [0.1, 0.15) is 11.5 Å². The molecule has 4 aromatic rings. The van der Waals surface area contributed by atoms with Gasteiger partial charge in [0, 0.05) is 17.0 Å². The molecule has 0 N–H and O–H groups in total. The van der Waals surface area contributed by atoms with E-state index in [0.29, 0.717) is 26.1 Å². The fourth-order valence-electron chi connectivity index (χ4n) is 5.64. The number of fused-ring (bicyclic) bond motifs is 2. The van der Waals surface area contributed by atoms with Crippen LogP contribution in [0.4, 0.5) is 0 Å². The Labute approximate surface area is 311 Å². The van der Waals surface area contributed by atoms with Crippen LogP contribution in [0.25, 0.3) is 32.7 Å². The van der Waals surface area contributed by atoms with Gasteiger partial charge in [0.2, 0.25) is 0 Å². The van der Waals surface area contributed by atoms with Crippen molar-refractivity contribution in [2.45, 2.75) is 77.6 Å². The summed E-state index contributed by atoms with van der Waals surface area (Å²) >= 11 is 0. The number of hydrogen-bond donors (Lipinski definition) is 0. The van der Waals surface area contributed by atoms with Crippen LogP contribution in [-0.4, -0.2) is 25.2 Å². The summed E-state index contributed by atoms with van der Waals surface area (Å²) in [6.45, 7) is 3.37. The molecule has 228 valence electrons. The first-order valence-electron chi connectivity index (χ1n) is 15.7. The summed E-state index contributed by atoms with van der Waals surface area (Å²) in [7, 11) is 0. The number of carbonyl (C=O) groups is 2. The third-order valence-corrected chi connectivity index (χ3v) is 8.00. The smallest absolute Gasteiger partial charge is 0.549 e. The molecule has 0 heterocycles. The van der Waals surface area contributed by atoms with E-state index in [2.05, 4.69) is 55.5 Å². The van der Waals surface area contributed by atoms with Crippen molar-refractivity contribution < 1.29 is 88.4 Å². The number of hydrogen-bond acceptors (Lipinski definition) is 6. The quantitative estimate of drug-likeness (QED) is 0.0868. The van der Waals surface area contributed by atoms with Crippen LogP contribution in [0.5, 0.6) is 11.5 Å². The van der Waals surface area contributed by atoms with Gasteiger partial charge in [0.25, 0.3) is 0 Å². The number of benzene rings is 4. The fourth-order valence-corrected chi connectivity index (χ4v) is 5.64. The Morgan fingerprint density at radius 3 is 1.47 bits per heavy atom. The molecule has 4 rings (SSSR count). The van der Waals surface area contributed by atoms with Crippen molar-refractivity contribution in [2.75, 3.05) is 13.2 Å². The van der Waals surface area contributed by atoms with Crippen molar-refractivity contribution in [3.05, 3.63) is 72.8 Å². The summed E-state index contributed by atoms with van der Waals surface area (Å²) in [5, 5.41) is 26.4. The Bertz CT molecular complexity index is 1490. The van der Waals surface area contributed by atoms with E-state index in [9.17, 15) is 19.8 Å². The molecule has 0 fully saturated rings. The first-order chi connectivity index (χ1) is 21.0. The molecule has 0 saturated heterocycles. The van der Waals surface area contributed by atoms with Gasteiger partial charge in [-0.25, -0.2) is 0 Å². The van der Waals surface area contributed by atoms with Gasteiger partial charge < -0.3 is 29.3 Å². The molecule has 0 unspecified atom stereocenters. The molecule has 0 aliphatic rings. The van der Waals surface area contributed by atoms with Crippen LogP contribution < -0.4 is 78.8 Å². The second kappa shape index (κ2) is 20.9. The van der Waals surface area contributed by atoms with Crippen molar-refractivity contribution in [1.82, 2.24) is 0 Å². The maximum absolute atomic E-state index is 11.0. The van der Waals surface area contributed by atoms with E-state index in [0.717, 1.165) is 69.9 Å². The van der Waals surface area contributed by atoms with Crippen molar-refractivity contribution >= 4 is 33.5 Å². The third kappa shape index (κ3) is 11.3. The van der Waals surface area contributed by atoms with Gasteiger partial charge in [-0.1, -0.05) is 119 Å². The molecule has 6 nitrogen and oxygen atoms in total. The van der Waals surface area contributed by atoms with E-state index in [1.54, 1.807) is 0 Å². The van der Waals surface area contributed by atoms with Crippen LogP contribution in [0.3, 0.4) is 0 Å². The largest absolute Gasteiger partial charge is 1.00 e. The van der Waals surface area contributed by atoms with E-state index >= 15 is 0 Å². The first kappa shape index (κ1) is 39.1. The first-order valence-corrected chi connectivity index (χ1v) is 15.7. The SMILES string of the molecule is CCCCCCCCOc1ccc2ccccc2c1-c1c(OCCCCCCC(C(=O)[O-])C(=O)[O-])ccc2ccccc12.[Na+].[Na+]. The Hall–Kier alpha value is -2.06. The second-order valence-electron chi connectivity index (χ2n) is 11.2. The molecular weight excluding hydrogens is 586 g/mol. The fraction of sp³-hybridized carbons (Fsp3) is 0.405. The van der Waals surface area contributed by atoms with Crippen LogP contribution in [0, 0.1) is 5.92 Å².